The van der Waals surface area contributed by atoms with Crippen molar-refractivity contribution < 1.29 is 36.3 Å². The Morgan fingerprint density at radius 2 is 2.18 bits per heavy atom. The molecule has 22 heavy (non-hydrogen) atoms. The number of nitro groups is 1. The Bertz CT molecular complexity index is 586. The van der Waals surface area contributed by atoms with Gasteiger partial charge in [0.15, 0.2) is 0 Å². The van der Waals surface area contributed by atoms with Crippen molar-refractivity contribution in [1.29, 1.82) is 0 Å². The first-order chi connectivity index (χ1) is 9.95. The summed E-state index contributed by atoms with van der Waals surface area (Å²) < 4.78 is 14.3. The number of aliphatic hydroxyl groups excluding tert-OH is 1. The van der Waals surface area contributed by atoms with E-state index in [2.05, 4.69) is 0 Å². The van der Waals surface area contributed by atoms with Gasteiger partial charge in [0, 0.05) is 36.0 Å². The number of fused-ring (bicyclic) bond motifs is 2. The lowest BCUT2D eigenvalue weighted by atomic mass is 9.61. The van der Waals surface area contributed by atoms with Crippen LogP contribution in [0.15, 0.2) is 18.2 Å². The number of piperidine rings is 1. The van der Waals surface area contributed by atoms with Gasteiger partial charge in [-0.2, -0.15) is 0 Å². The number of nitro benzene ring substituents is 1. The number of quaternary nitrogens is 1. The number of likely N-dealkylation sites (N-methyl/N-ethyl adjacent to an activating group) is 1. The Morgan fingerprint density at radius 1 is 1.45 bits per heavy atom. The molecule has 1 saturated heterocycles. The van der Waals surface area contributed by atoms with Crippen molar-refractivity contribution in [3.8, 4) is 0 Å². The molecule has 1 saturated carbocycles. The van der Waals surface area contributed by atoms with Gasteiger partial charge in [-0.15, -0.1) is 0 Å². The maximum atomic E-state index is 14.3. The highest BCUT2D eigenvalue weighted by atomic mass is 79.9. The van der Waals surface area contributed by atoms with Crippen molar-refractivity contribution in [3.05, 3.63) is 39.7 Å². The van der Waals surface area contributed by atoms with Gasteiger partial charge in [0.05, 0.1) is 18.5 Å². The molecule has 0 aromatic heterocycles. The van der Waals surface area contributed by atoms with Gasteiger partial charge < -0.3 is 27.0 Å². The minimum absolute atomic E-state index is 0. The third kappa shape index (κ3) is 2.55. The molecule has 2 aliphatic rings. The monoisotopic (exact) mass is 374 g/mol. The van der Waals surface area contributed by atoms with Crippen LogP contribution < -0.4 is 21.9 Å². The van der Waals surface area contributed by atoms with Gasteiger partial charge in [0.1, 0.15) is 18.0 Å². The van der Waals surface area contributed by atoms with E-state index < -0.39 is 22.3 Å². The van der Waals surface area contributed by atoms with Crippen molar-refractivity contribution >= 4 is 5.69 Å². The number of aliphatic hydroxyl groups is 1. The summed E-state index contributed by atoms with van der Waals surface area (Å²) in [6.07, 6.45) is 2.55. The van der Waals surface area contributed by atoms with Crippen LogP contribution in [0.5, 0.6) is 0 Å². The lowest BCUT2D eigenvalue weighted by Crippen LogP contribution is -3.16. The Balaban J connectivity index is 0.00000176. The fourth-order valence-corrected chi connectivity index (χ4v) is 4.16. The van der Waals surface area contributed by atoms with Gasteiger partial charge >= 0.3 is 0 Å². The molecule has 3 rings (SSSR count). The smallest absolute Gasteiger partial charge is 0.269 e. The van der Waals surface area contributed by atoms with Crippen molar-refractivity contribution in [2.45, 2.75) is 43.2 Å². The molecule has 1 unspecified atom stereocenters. The van der Waals surface area contributed by atoms with Crippen LogP contribution in [0, 0.1) is 15.9 Å². The number of likely N-dealkylation sites (tertiary alicyclic amines) is 1. The topological polar surface area (TPSA) is 67.8 Å². The van der Waals surface area contributed by atoms with Gasteiger partial charge in [-0.3, -0.25) is 10.1 Å². The Labute approximate surface area is 139 Å². The van der Waals surface area contributed by atoms with Gasteiger partial charge in [0.2, 0.25) is 0 Å². The number of hydrogen-bond donors (Lipinski definition) is 2. The van der Waals surface area contributed by atoms with E-state index in [-0.39, 0.29) is 28.7 Å². The second-order valence-electron chi connectivity index (χ2n) is 6.37. The molecule has 0 radical (unpaired) electrons. The van der Waals surface area contributed by atoms with Crippen molar-refractivity contribution in [2.24, 2.45) is 0 Å². The molecule has 0 amide bonds. The molecular formula is C15H20BrFN2O3. The fraction of sp³-hybridized carbons (Fsp3) is 0.600. The summed E-state index contributed by atoms with van der Waals surface area (Å²) in [5, 5.41) is 21.7. The van der Waals surface area contributed by atoms with E-state index in [4.69, 9.17) is 0 Å². The highest BCUT2D eigenvalue weighted by molar-refractivity contribution is 5.41. The fourth-order valence-electron chi connectivity index (χ4n) is 4.16. The molecule has 1 aromatic carbocycles. The summed E-state index contributed by atoms with van der Waals surface area (Å²) in [7, 11) is 2.05. The maximum absolute atomic E-state index is 14.3. The van der Waals surface area contributed by atoms with Crippen LogP contribution in [-0.4, -0.2) is 35.8 Å². The van der Waals surface area contributed by atoms with Crippen molar-refractivity contribution in [2.75, 3.05) is 13.6 Å². The molecule has 5 nitrogen and oxygen atoms in total. The van der Waals surface area contributed by atoms with Crippen LogP contribution in [0.4, 0.5) is 10.1 Å². The lowest BCUT2D eigenvalue weighted by molar-refractivity contribution is -0.919. The molecule has 1 aliphatic carbocycles. The van der Waals surface area contributed by atoms with E-state index in [9.17, 15) is 19.6 Å². The number of benzene rings is 1. The summed E-state index contributed by atoms with van der Waals surface area (Å²) in [5.74, 6) is -0.445. The third-order valence-electron chi connectivity index (χ3n) is 5.38. The van der Waals surface area contributed by atoms with Crippen molar-refractivity contribution in [3.63, 3.8) is 0 Å². The van der Waals surface area contributed by atoms with Crippen LogP contribution in [0.3, 0.4) is 0 Å². The average molecular weight is 375 g/mol. The average Bonchev–Trinajstić information content (AvgIpc) is 2.44. The normalized spacial score (nSPS) is 33.9. The molecule has 1 heterocycles. The lowest BCUT2D eigenvalue weighted by Gasteiger charge is -2.51. The third-order valence-corrected chi connectivity index (χ3v) is 5.38. The SMILES string of the molecule is C[NH+]1CC[C@@]2(c3cc([N+](=O)[O-])ccc3F)CCC[C@@H]1[C@H]2O.[Br-]. The van der Waals surface area contributed by atoms with E-state index in [0.29, 0.717) is 18.4 Å². The van der Waals surface area contributed by atoms with E-state index in [1.807, 2.05) is 7.05 Å². The summed E-state index contributed by atoms with van der Waals surface area (Å²) in [6, 6.07) is 3.75. The Morgan fingerprint density at radius 3 is 2.86 bits per heavy atom. The van der Waals surface area contributed by atoms with E-state index in [0.717, 1.165) is 25.5 Å². The molecule has 7 heteroatoms. The summed E-state index contributed by atoms with van der Waals surface area (Å²) in [6.45, 7) is 0.851. The predicted molar refractivity (Wildman–Crippen MR) is 74.7 cm³/mol. The molecular weight excluding hydrogens is 355 g/mol. The molecule has 2 fully saturated rings. The minimum Gasteiger partial charge on any atom is -1.00 e. The van der Waals surface area contributed by atoms with E-state index >= 15 is 0 Å². The van der Waals surface area contributed by atoms with Gasteiger partial charge in [-0.05, 0) is 18.9 Å². The quantitative estimate of drug-likeness (QED) is 0.456. The Kier molecular flexibility index (Phi) is 4.89. The van der Waals surface area contributed by atoms with E-state index in [1.165, 1.54) is 17.0 Å². The molecule has 122 valence electrons. The van der Waals surface area contributed by atoms with Crippen molar-refractivity contribution in [1.82, 2.24) is 0 Å². The van der Waals surface area contributed by atoms with Gasteiger partial charge in [-0.1, -0.05) is 0 Å². The summed E-state index contributed by atoms with van der Waals surface area (Å²) in [4.78, 5) is 11.7. The predicted octanol–water partition coefficient (Wildman–Crippen LogP) is -2.19. The second kappa shape index (κ2) is 6.22. The number of non-ortho nitro benzene ring substituents is 1. The first-order valence-electron chi connectivity index (χ1n) is 7.40. The van der Waals surface area contributed by atoms with Crippen LogP contribution >= 0.6 is 0 Å². The summed E-state index contributed by atoms with van der Waals surface area (Å²) in [5.41, 5.74) is -0.457. The van der Waals surface area contributed by atoms with Crippen LogP contribution in [0.25, 0.3) is 0 Å². The number of rotatable bonds is 2. The molecule has 1 aliphatic heterocycles. The maximum Gasteiger partial charge on any atom is 0.269 e. The van der Waals surface area contributed by atoms with Gasteiger partial charge in [0.25, 0.3) is 5.69 Å². The standard InChI is InChI=1S/C15H19FN2O3.BrH/c1-17-8-7-15(6-2-3-13(17)14(15)19)11-9-10(18(20)21)4-5-12(11)16;/h4-5,9,13-14,19H,2-3,6-8H2,1H3;1H/t13-,14-,15-;/m1./s1. The first-order valence-corrected chi connectivity index (χ1v) is 7.40. The number of hydrogen-bond acceptors (Lipinski definition) is 3. The molecule has 4 atom stereocenters. The second-order valence-corrected chi connectivity index (χ2v) is 6.37. The van der Waals surface area contributed by atoms with Crippen LogP contribution in [0.2, 0.25) is 0 Å². The molecule has 2 bridgehead atoms. The molecule has 0 spiro atoms. The molecule has 1 aromatic rings. The first kappa shape index (κ1) is 17.3. The minimum atomic E-state index is -0.668. The van der Waals surface area contributed by atoms with Gasteiger partial charge in [-0.25, -0.2) is 4.39 Å². The largest absolute Gasteiger partial charge is 1.00 e. The number of nitrogens with one attached hydrogen (secondary N) is 1. The number of nitrogens with zero attached hydrogens (tertiary/aromatic N) is 1. The zero-order valence-corrected chi connectivity index (χ0v) is 14.0. The number of halogens is 2. The zero-order valence-electron chi connectivity index (χ0n) is 12.4. The van der Waals surface area contributed by atoms with E-state index in [1.54, 1.807) is 0 Å². The molecule has 2 N–H and O–H groups in total. The summed E-state index contributed by atoms with van der Waals surface area (Å²) >= 11 is 0. The Hall–Kier alpha value is -1.05. The zero-order chi connectivity index (χ0) is 15.2. The van der Waals surface area contributed by atoms with Crippen LogP contribution in [-0.2, 0) is 5.41 Å². The van der Waals surface area contributed by atoms with Crippen LogP contribution in [0.1, 0.15) is 31.2 Å². The highest BCUT2D eigenvalue weighted by Crippen LogP contribution is 2.45. The highest BCUT2D eigenvalue weighted by Gasteiger charge is 2.54.